The van der Waals surface area contributed by atoms with E-state index in [0.29, 0.717) is 5.56 Å². The van der Waals surface area contributed by atoms with Crippen LogP contribution in [0.4, 0.5) is 13.2 Å². The number of hydrogen-bond acceptors (Lipinski definition) is 4. The molecule has 0 aliphatic carbocycles. The van der Waals surface area contributed by atoms with Crippen molar-refractivity contribution in [2.45, 2.75) is 13.1 Å². The summed E-state index contributed by atoms with van der Waals surface area (Å²) in [6.45, 7) is 1.42. The van der Waals surface area contributed by atoms with E-state index < -0.39 is 21.9 Å². The van der Waals surface area contributed by atoms with Crippen LogP contribution in [0.5, 0.6) is 5.88 Å². The normalized spacial score (nSPS) is 12.4. The Morgan fingerprint density at radius 1 is 1.24 bits per heavy atom. The van der Waals surface area contributed by atoms with E-state index in [1.807, 2.05) is 0 Å². The quantitative estimate of drug-likeness (QED) is 0.879. The van der Waals surface area contributed by atoms with Crippen molar-refractivity contribution in [2.75, 3.05) is 5.75 Å². The van der Waals surface area contributed by atoms with Gasteiger partial charge in [-0.05, 0) is 19.1 Å². The topological polar surface area (TPSA) is 72.1 Å². The number of nitrogens with one attached hydrogen (secondary N) is 1. The molecule has 0 atom stereocenters. The Balaban J connectivity index is 2.22. The fraction of sp³-hybridized carbons (Fsp3) is 0.250. The second kappa shape index (κ2) is 5.40. The van der Waals surface area contributed by atoms with Gasteiger partial charge in [0, 0.05) is 5.56 Å². The minimum absolute atomic E-state index is 0.160. The number of H-pyrrole nitrogens is 1. The van der Waals surface area contributed by atoms with Crippen LogP contribution in [-0.4, -0.2) is 24.1 Å². The number of imidazole rings is 1. The standard InChI is InChI=1S/C12H11F3N2O3S/c1-2-21(18,19)20-10-7-16-11(17-10)8-3-5-9(6-4-8)12(13,14)15/h3-7H,2H2,1H3,(H,16,17). The van der Waals surface area contributed by atoms with E-state index in [0.717, 1.165) is 12.1 Å². The van der Waals surface area contributed by atoms with E-state index in [9.17, 15) is 21.6 Å². The maximum Gasteiger partial charge on any atom is 0.416 e. The molecule has 1 aromatic carbocycles. The predicted octanol–water partition coefficient (Wildman–Crippen LogP) is 2.82. The van der Waals surface area contributed by atoms with Crippen molar-refractivity contribution in [3.8, 4) is 17.3 Å². The number of alkyl halides is 3. The Kier molecular flexibility index (Phi) is 3.95. The molecule has 0 aliphatic heterocycles. The Hall–Kier alpha value is -2.03. The first-order valence-corrected chi connectivity index (χ1v) is 7.44. The molecule has 1 heterocycles. The van der Waals surface area contributed by atoms with Gasteiger partial charge in [-0.2, -0.15) is 26.6 Å². The van der Waals surface area contributed by atoms with Gasteiger partial charge in [-0.25, -0.2) is 0 Å². The lowest BCUT2D eigenvalue weighted by Gasteiger charge is -2.06. The van der Waals surface area contributed by atoms with Gasteiger partial charge in [0.25, 0.3) is 5.88 Å². The molecule has 0 saturated carbocycles. The summed E-state index contributed by atoms with van der Waals surface area (Å²) in [6.07, 6.45) is -3.19. The molecule has 9 heteroatoms. The fourth-order valence-corrected chi connectivity index (χ4v) is 1.96. The molecule has 21 heavy (non-hydrogen) atoms. The molecule has 1 aromatic heterocycles. The van der Waals surface area contributed by atoms with Crippen molar-refractivity contribution in [2.24, 2.45) is 0 Å². The second-order valence-corrected chi connectivity index (χ2v) is 5.95. The largest absolute Gasteiger partial charge is 0.416 e. The number of nitrogens with zero attached hydrogens (tertiary/aromatic N) is 1. The van der Waals surface area contributed by atoms with Crippen LogP contribution in [0, 0.1) is 0 Å². The summed E-state index contributed by atoms with van der Waals surface area (Å²) in [6, 6.07) is 4.31. The minimum Gasteiger partial charge on any atom is -0.360 e. The zero-order valence-corrected chi connectivity index (χ0v) is 11.6. The Bertz CT molecular complexity index is 721. The van der Waals surface area contributed by atoms with Crippen molar-refractivity contribution in [1.82, 2.24) is 9.97 Å². The third kappa shape index (κ3) is 3.75. The zero-order valence-electron chi connectivity index (χ0n) is 10.8. The van der Waals surface area contributed by atoms with E-state index in [1.54, 1.807) is 0 Å². The van der Waals surface area contributed by atoms with Crippen LogP contribution < -0.4 is 4.18 Å². The van der Waals surface area contributed by atoms with Crippen LogP contribution in [0.15, 0.2) is 30.5 Å². The lowest BCUT2D eigenvalue weighted by molar-refractivity contribution is -0.137. The van der Waals surface area contributed by atoms with Crippen molar-refractivity contribution in [3.63, 3.8) is 0 Å². The van der Waals surface area contributed by atoms with E-state index in [1.165, 1.54) is 25.3 Å². The molecular weight excluding hydrogens is 309 g/mol. The third-order valence-corrected chi connectivity index (χ3v) is 3.74. The van der Waals surface area contributed by atoms with Gasteiger partial charge in [0.2, 0.25) is 0 Å². The molecule has 0 unspecified atom stereocenters. The second-order valence-electron chi connectivity index (χ2n) is 4.09. The predicted molar refractivity (Wildman–Crippen MR) is 69.1 cm³/mol. The van der Waals surface area contributed by atoms with E-state index in [2.05, 4.69) is 14.2 Å². The molecule has 5 nitrogen and oxygen atoms in total. The van der Waals surface area contributed by atoms with Gasteiger partial charge in [-0.15, -0.1) is 0 Å². The molecule has 0 radical (unpaired) electrons. The van der Waals surface area contributed by atoms with Crippen molar-refractivity contribution in [1.29, 1.82) is 0 Å². The molecule has 0 saturated heterocycles. The molecule has 2 aromatic rings. The smallest absolute Gasteiger partial charge is 0.360 e. The van der Waals surface area contributed by atoms with Gasteiger partial charge >= 0.3 is 16.3 Å². The fourth-order valence-electron chi connectivity index (χ4n) is 1.50. The lowest BCUT2D eigenvalue weighted by atomic mass is 10.1. The van der Waals surface area contributed by atoms with Crippen LogP contribution in [0.2, 0.25) is 0 Å². The van der Waals surface area contributed by atoms with Gasteiger partial charge in [0.05, 0.1) is 17.5 Å². The summed E-state index contributed by atoms with van der Waals surface area (Å²) in [5.41, 5.74) is -0.394. The van der Waals surface area contributed by atoms with Gasteiger partial charge < -0.3 is 9.17 Å². The first kappa shape index (κ1) is 15.4. The molecule has 2 rings (SSSR count). The number of benzene rings is 1. The first-order chi connectivity index (χ1) is 9.71. The highest BCUT2D eigenvalue weighted by Gasteiger charge is 2.30. The van der Waals surface area contributed by atoms with Crippen LogP contribution in [0.1, 0.15) is 12.5 Å². The number of rotatable bonds is 4. The molecule has 0 bridgehead atoms. The van der Waals surface area contributed by atoms with Crippen molar-refractivity contribution < 1.29 is 25.8 Å². The van der Waals surface area contributed by atoms with Crippen LogP contribution in [0.25, 0.3) is 11.4 Å². The van der Waals surface area contributed by atoms with Crippen LogP contribution >= 0.6 is 0 Å². The van der Waals surface area contributed by atoms with Crippen molar-refractivity contribution >= 4 is 10.1 Å². The number of aromatic nitrogens is 2. The Labute approximate surface area is 118 Å². The van der Waals surface area contributed by atoms with E-state index >= 15 is 0 Å². The highest BCUT2D eigenvalue weighted by molar-refractivity contribution is 7.87. The summed E-state index contributed by atoms with van der Waals surface area (Å²) in [7, 11) is -3.70. The minimum atomic E-state index is -4.41. The molecule has 1 N–H and O–H groups in total. The zero-order chi connectivity index (χ0) is 15.7. The molecule has 0 spiro atoms. The van der Waals surface area contributed by atoms with Crippen molar-refractivity contribution in [3.05, 3.63) is 36.0 Å². The lowest BCUT2D eigenvalue weighted by Crippen LogP contribution is -2.11. The molecule has 0 fully saturated rings. The van der Waals surface area contributed by atoms with Gasteiger partial charge in [0.1, 0.15) is 5.82 Å². The van der Waals surface area contributed by atoms with E-state index in [4.69, 9.17) is 0 Å². The maximum absolute atomic E-state index is 12.4. The highest BCUT2D eigenvalue weighted by atomic mass is 32.2. The summed E-state index contributed by atoms with van der Waals surface area (Å²) in [5.74, 6) is -0.160. The summed E-state index contributed by atoms with van der Waals surface area (Å²) < 4.78 is 64.5. The van der Waals surface area contributed by atoms with Gasteiger partial charge in [0.15, 0.2) is 0 Å². The average Bonchev–Trinajstić information content (AvgIpc) is 2.86. The average molecular weight is 320 g/mol. The molecule has 0 amide bonds. The van der Waals surface area contributed by atoms with Crippen LogP contribution in [0.3, 0.4) is 0 Å². The number of halogens is 3. The molecule has 114 valence electrons. The van der Waals surface area contributed by atoms with Crippen LogP contribution in [-0.2, 0) is 16.3 Å². The Morgan fingerprint density at radius 2 is 1.86 bits per heavy atom. The Morgan fingerprint density at radius 3 is 2.38 bits per heavy atom. The summed E-state index contributed by atoms with van der Waals surface area (Å²) in [5, 5.41) is 0. The maximum atomic E-state index is 12.4. The van der Waals surface area contributed by atoms with E-state index in [-0.39, 0.29) is 17.5 Å². The number of hydrogen-bond donors (Lipinski definition) is 1. The summed E-state index contributed by atoms with van der Waals surface area (Å²) in [4.78, 5) is 6.51. The highest BCUT2D eigenvalue weighted by Crippen LogP contribution is 2.30. The monoisotopic (exact) mass is 320 g/mol. The molecular formula is C12H11F3N2O3S. The SMILES string of the molecule is CCS(=O)(=O)Oc1c[nH]c(-c2ccc(C(F)(F)F)cc2)n1. The summed E-state index contributed by atoms with van der Waals surface area (Å²) >= 11 is 0. The number of aromatic amines is 1. The van der Waals surface area contributed by atoms with Gasteiger partial charge in [-0.3, -0.25) is 0 Å². The third-order valence-electron chi connectivity index (χ3n) is 2.61. The molecule has 0 aliphatic rings. The first-order valence-electron chi connectivity index (χ1n) is 5.86. The van der Waals surface area contributed by atoms with Gasteiger partial charge in [-0.1, -0.05) is 12.1 Å².